The summed E-state index contributed by atoms with van der Waals surface area (Å²) in [5.41, 5.74) is -0.854. The first kappa shape index (κ1) is 9.49. The topological polar surface area (TPSA) is 43.4 Å². The zero-order valence-electron chi connectivity index (χ0n) is 4.67. The van der Waals surface area contributed by atoms with E-state index in [1.54, 1.807) is 6.92 Å². The zero-order valence-corrected chi connectivity index (χ0v) is 7.00. The van der Waals surface area contributed by atoms with Crippen LogP contribution in [0, 0.1) is 0 Å². The molecule has 56 valence electrons. The molecule has 0 aliphatic rings. The predicted octanol–water partition coefficient (Wildman–Crippen LogP) is 1.46. The maximum Gasteiger partial charge on any atom is 0.357 e. The second kappa shape index (κ2) is 3.61. The van der Waals surface area contributed by atoms with Crippen molar-refractivity contribution in [3.63, 3.8) is 0 Å². The molecule has 0 saturated heterocycles. The Morgan fingerprint density at radius 1 is 1.67 bits per heavy atom. The first-order chi connectivity index (χ1) is 3.95. The molecule has 0 saturated carbocycles. The van der Waals surface area contributed by atoms with Crippen molar-refractivity contribution in [2.75, 3.05) is 0 Å². The van der Waals surface area contributed by atoms with Gasteiger partial charge in [-0.15, -0.1) is 0 Å². The highest BCUT2D eigenvalue weighted by atomic mass is 35.7. The van der Waals surface area contributed by atoms with Gasteiger partial charge in [0.25, 0.3) is 0 Å². The van der Waals surface area contributed by atoms with Crippen LogP contribution in [-0.2, 0) is 13.5 Å². The largest absolute Gasteiger partial charge is 0.357 e. The number of hydrogen-bond acceptors (Lipinski definition) is 3. The van der Waals surface area contributed by atoms with E-state index < -0.39 is 14.9 Å². The maximum atomic E-state index is 10.1. The molecule has 3 nitrogen and oxygen atoms in total. The van der Waals surface area contributed by atoms with Crippen LogP contribution < -0.4 is 0 Å². The predicted molar refractivity (Wildman–Crippen MR) is 35.8 cm³/mol. The smallest absolute Gasteiger partial charge is 0.238 e. The molecular weight excluding hydrogens is 187 g/mol. The molecule has 0 heterocycles. The van der Waals surface area contributed by atoms with E-state index in [4.69, 9.17) is 11.6 Å². The van der Waals surface area contributed by atoms with Gasteiger partial charge in [-0.3, -0.25) is 0 Å². The third-order valence-corrected chi connectivity index (χ3v) is 1.72. The number of rotatable bonds is 3. The van der Waals surface area contributed by atoms with Crippen LogP contribution in [0.15, 0.2) is 0 Å². The summed E-state index contributed by atoms with van der Waals surface area (Å²) in [6.07, 6.45) is 0.396. The lowest BCUT2D eigenvalue weighted by molar-refractivity contribution is 0.290. The lowest BCUT2D eigenvalue weighted by Crippen LogP contribution is -2.06. The Kier molecular flexibility index (Phi) is 3.80. The van der Waals surface area contributed by atoms with Crippen LogP contribution >= 0.6 is 22.3 Å². The standard InChI is InChI=1S/C3H6Cl2O3S/c1-2-3(4)8-9(5,6)7/h3H,2H2,1H3. The number of alkyl halides is 1. The third kappa shape index (κ3) is 6.37. The molecule has 0 bridgehead atoms. The summed E-state index contributed by atoms with van der Waals surface area (Å²) in [4.78, 5) is 0. The summed E-state index contributed by atoms with van der Waals surface area (Å²) in [6.45, 7) is 1.68. The van der Waals surface area contributed by atoms with E-state index in [2.05, 4.69) is 14.9 Å². The highest BCUT2D eigenvalue weighted by Crippen LogP contribution is 2.10. The van der Waals surface area contributed by atoms with Crippen molar-refractivity contribution in [1.82, 2.24) is 0 Å². The minimum Gasteiger partial charge on any atom is -0.238 e. The Hall–Kier alpha value is 0.490. The first-order valence-corrected chi connectivity index (χ1v) is 4.89. The van der Waals surface area contributed by atoms with Crippen LogP contribution in [-0.4, -0.2) is 14.0 Å². The molecule has 6 heteroatoms. The first-order valence-electron chi connectivity index (χ1n) is 2.22. The summed E-state index contributed by atoms with van der Waals surface area (Å²) in [5.74, 6) is 0. The van der Waals surface area contributed by atoms with Gasteiger partial charge in [-0.05, 0) is 6.42 Å². The second-order valence-corrected chi connectivity index (χ2v) is 3.91. The molecule has 0 amide bonds. The molecule has 0 aliphatic carbocycles. The van der Waals surface area contributed by atoms with Gasteiger partial charge in [0.15, 0.2) is 5.56 Å². The number of hydrogen-bond donors (Lipinski definition) is 0. The molecular formula is C3H6Cl2O3S. The lowest BCUT2D eigenvalue weighted by atomic mass is 10.5. The molecule has 0 N–H and O–H groups in total. The van der Waals surface area contributed by atoms with Crippen molar-refractivity contribution >= 4 is 31.6 Å². The minimum atomic E-state index is -3.90. The molecule has 0 aliphatic heterocycles. The third-order valence-electron chi connectivity index (χ3n) is 0.540. The maximum absolute atomic E-state index is 10.1. The monoisotopic (exact) mass is 192 g/mol. The van der Waals surface area contributed by atoms with Crippen molar-refractivity contribution in [3.8, 4) is 0 Å². The normalized spacial score (nSPS) is 15.4. The summed E-state index contributed by atoms with van der Waals surface area (Å²) >= 11 is 5.26. The highest BCUT2D eigenvalue weighted by molar-refractivity contribution is 8.10. The fraction of sp³-hybridized carbons (Fsp3) is 1.00. The van der Waals surface area contributed by atoms with E-state index in [-0.39, 0.29) is 0 Å². The summed E-state index contributed by atoms with van der Waals surface area (Å²) in [5, 5.41) is 0. The van der Waals surface area contributed by atoms with E-state index in [0.29, 0.717) is 6.42 Å². The van der Waals surface area contributed by atoms with Crippen LogP contribution in [0.5, 0.6) is 0 Å². The van der Waals surface area contributed by atoms with Gasteiger partial charge in [0, 0.05) is 10.7 Å². The van der Waals surface area contributed by atoms with Gasteiger partial charge in [0.2, 0.25) is 0 Å². The van der Waals surface area contributed by atoms with Gasteiger partial charge >= 0.3 is 9.33 Å². The Morgan fingerprint density at radius 3 is 2.22 bits per heavy atom. The van der Waals surface area contributed by atoms with Crippen molar-refractivity contribution < 1.29 is 12.6 Å². The molecule has 0 aromatic heterocycles. The quantitative estimate of drug-likeness (QED) is 0.503. The van der Waals surface area contributed by atoms with Gasteiger partial charge in [-0.2, -0.15) is 8.42 Å². The van der Waals surface area contributed by atoms with Crippen molar-refractivity contribution in [2.24, 2.45) is 0 Å². The average molecular weight is 193 g/mol. The molecule has 0 rings (SSSR count). The van der Waals surface area contributed by atoms with E-state index in [9.17, 15) is 8.42 Å². The Bertz CT molecular complexity index is 164. The molecule has 0 aromatic rings. The summed E-state index contributed by atoms with van der Waals surface area (Å²) < 4.78 is 24.2. The van der Waals surface area contributed by atoms with E-state index >= 15 is 0 Å². The van der Waals surface area contributed by atoms with E-state index in [1.807, 2.05) is 0 Å². The molecule has 0 spiro atoms. The van der Waals surface area contributed by atoms with Crippen molar-refractivity contribution in [3.05, 3.63) is 0 Å². The fourth-order valence-electron chi connectivity index (χ4n) is 0.193. The number of halogens is 2. The molecule has 1 unspecified atom stereocenters. The van der Waals surface area contributed by atoms with Crippen LogP contribution in [0.4, 0.5) is 0 Å². The van der Waals surface area contributed by atoms with Gasteiger partial charge in [0.1, 0.15) is 0 Å². The summed E-state index contributed by atoms with van der Waals surface area (Å²) in [6, 6.07) is 0. The summed E-state index contributed by atoms with van der Waals surface area (Å²) in [7, 11) is 0.777. The SMILES string of the molecule is CCC(Cl)OS(=O)(=O)Cl. The lowest BCUT2D eigenvalue weighted by Gasteiger charge is -2.01. The van der Waals surface area contributed by atoms with Crippen molar-refractivity contribution in [1.29, 1.82) is 0 Å². The van der Waals surface area contributed by atoms with E-state index in [0.717, 1.165) is 0 Å². The zero-order chi connectivity index (χ0) is 7.49. The van der Waals surface area contributed by atoms with Gasteiger partial charge < -0.3 is 0 Å². The van der Waals surface area contributed by atoms with Crippen molar-refractivity contribution in [2.45, 2.75) is 18.9 Å². The molecule has 1 atom stereocenters. The van der Waals surface area contributed by atoms with Crippen LogP contribution in [0.2, 0.25) is 0 Å². The van der Waals surface area contributed by atoms with Crippen LogP contribution in [0.3, 0.4) is 0 Å². The van der Waals surface area contributed by atoms with Gasteiger partial charge in [-0.1, -0.05) is 18.5 Å². The Morgan fingerprint density at radius 2 is 2.11 bits per heavy atom. The minimum absolute atomic E-state index is 0.396. The molecule has 0 aromatic carbocycles. The highest BCUT2D eigenvalue weighted by Gasteiger charge is 2.11. The van der Waals surface area contributed by atoms with Gasteiger partial charge in [0.05, 0.1) is 0 Å². The fourth-order valence-corrected chi connectivity index (χ4v) is 1.24. The Labute approximate surface area is 63.5 Å². The van der Waals surface area contributed by atoms with E-state index in [1.165, 1.54) is 0 Å². The Balaban J connectivity index is 3.75. The van der Waals surface area contributed by atoms with Gasteiger partial charge in [-0.25, -0.2) is 4.18 Å². The average Bonchev–Trinajstić information content (AvgIpc) is 1.62. The van der Waals surface area contributed by atoms with Crippen LogP contribution in [0.1, 0.15) is 13.3 Å². The second-order valence-electron chi connectivity index (χ2n) is 1.31. The molecule has 0 fully saturated rings. The van der Waals surface area contributed by atoms with Crippen LogP contribution in [0.25, 0.3) is 0 Å². The molecule has 0 radical (unpaired) electrons. The molecule has 9 heavy (non-hydrogen) atoms.